The summed E-state index contributed by atoms with van der Waals surface area (Å²) < 4.78 is 34.5. The summed E-state index contributed by atoms with van der Waals surface area (Å²) in [5.41, 5.74) is 1.40. The van der Waals surface area contributed by atoms with Gasteiger partial charge in [-0.05, 0) is 43.4 Å². The quantitative estimate of drug-likeness (QED) is 0.417. The average molecular weight is 496 g/mol. The van der Waals surface area contributed by atoms with Gasteiger partial charge in [0.05, 0.1) is 18.2 Å². The maximum absolute atomic E-state index is 12.6. The molecule has 33 heavy (non-hydrogen) atoms. The number of halogens is 2. The van der Waals surface area contributed by atoms with Crippen LogP contribution in [0.2, 0.25) is 0 Å². The molecule has 2 heterocycles. The number of methoxy groups -OCH3 is 1. The van der Waals surface area contributed by atoms with Crippen molar-refractivity contribution >= 4 is 44.9 Å². The molecule has 0 fully saturated rings. The molecule has 0 aliphatic heterocycles. The van der Waals surface area contributed by atoms with Gasteiger partial charge in [0.15, 0.2) is 11.5 Å². The molecule has 0 saturated heterocycles. The largest absolute Gasteiger partial charge is 0.493 e. The lowest BCUT2D eigenvalue weighted by Gasteiger charge is -2.12. The number of rotatable bonds is 9. The standard InChI is InChI=1S/C22H23F2N3O4S2/c1-30-14-7-6-12(10-15(14)31-22(23)24)25-18(28)8-9-32-11-17-26-20(29)19-13-4-2-3-5-16(13)33-21(19)27-17/h6-7,10,22H,2-5,8-9,11H2,1H3,(H,25,28)(H,26,27,29). The fraction of sp³-hybridized carbons (Fsp3) is 0.409. The predicted molar refractivity (Wildman–Crippen MR) is 126 cm³/mol. The summed E-state index contributed by atoms with van der Waals surface area (Å²) in [6.07, 6.45) is 4.42. The molecule has 2 aromatic heterocycles. The minimum Gasteiger partial charge on any atom is -0.493 e. The molecule has 11 heteroatoms. The van der Waals surface area contributed by atoms with Crippen molar-refractivity contribution in [2.24, 2.45) is 0 Å². The van der Waals surface area contributed by atoms with Crippen LogP contribution in [0.15, 0.2) is 23.0 Å². The Kier molecular flexibility index (Phi) is 7.49. The highest BCUT2D eigenvalue weighted by Crippen LogP contribution is 2.34. The maximum Gasteiger partial charge on any atom is 0.387 e. The Balaban J connectivity index is 1.31. The molecule has 0 saturated carbocycles. The van der Waals surface area contributed by atoms with Gasteiger partial charge in [0.2, 0.25) is 5.91 Å². The summed E-state index contributed by atoms with van der Waals surface area (Å²) in [6.45, 7) is -3.00. The van der Waals surface area contributed by atoms with Crippen LogP contribution >= 0.6 is 23.1 Å². The summed E-state index contributed by atoms with van der Waals surface area (Å²) >= 11 is 3.09. The number of hydrogen-bond donors (Lipinski definition) is 2. The van der Waals surface area contributed by atoms with Crippen LogP contribution in [0, 0.1) is 0 Å². The number of thiophene rings is 1. The number of alkyl halides is 2. The zero-order valence-electron chi connectivity index (χ0n) is 17.9. The van der Waals surface area contributed by atoms with E-state index < -0.39 is 6.61 Å². The number of fused-ring (bicyclic) bond motifs is 3. The van der Waals surface area contributed by atoms with Gasteiger partial charge in [0, 0.05) is 28.8 Å². The molecule has 0 atom stereocenters. The Morgan fingerprint density at radius 1 is 1.30 bits per heavy atom. The molecule has 1 amide bonds. The summed E-state index contributed by atoms with van der Waals surface area (Å²) in [7, 11) is 1.34. The highest BCUT2D eigenvalue weighted by molar-refractivity contribution is 7.98. The van der Waals surface area contributed by atoms with E-state index in [-0.39, 0.29) is 29.4 Å². The van der Waals surface area contributed by atoms with Gasteiger partial charge in [-0.2, -0.15) is 20.5 Å². The molecule has 4 rings (SSSR count). The first-order chi connectivity index (χ1) is 15.9. The van der Waals surface area contributed by atoms with Crippen molar-refractivity contribution in [3.05, 3.63) is 44.8 Å². The van der Waals surface area contributed by atoms with E-state index in [9.17, 15) is 18.4 Å². The van der Waals surface area contributed by atoms with Gasteiger partial charge in [0.1, 0.15) is 10.7 Å². The number of carbonyl (C=O) groups is 1. The highest BCUT2D eigenvalue weighted by Gasteiger charge is 2.19. The number of carbonyl (C=O) groups excluding carboxylic acids is 1. The van der Waals surface area contributed by atoms with E-state index in [1.165, 1.54) is 35.9 Å². The predicted octanol–water partition coefficient (Wildman–Crippen LogP) is 4.74. The maximum atomic E-state index is 12.6. The van der Waals surface area contributed by atoms with Crippen LogP contribution in [0.5, 0.6) is 11.5 Å². The SMILES string of the molecule is COc1ccc(NC(=O)CCSCc2nc3sc4c(c3c(=O)[nH]2)CCCC4)cc1OC(F)F. The van der Waals surface area contributed by atoms with Gasteiger partial charge in [-0.25, -0.2) is 4.98 Å². The Bertz CT molecular complexity index is 1210. The van der Waals surface area contributed by atoms with Gasteiger partial charge in [0.25, 0.3) is 5.56 Å². The molecule has 2 N–H and O–H groups in total. The van der Waals surface area contributed by atoms with E-state index in [0.29, 0.717) is 23.0 Å². The third-order valence-electron chi connectivity index (χ3n) is 5.25. The normalized spacial score (nSPS) is 13.2. The van der Waals surface area contributed by atoms with E-state index in [1.807, 2.05) is 0 Å². The topological polar surface area (TPSA) is 93.3 Å². The molecule has 0 radical (unpaired) electrons. The van der Waals surface area contributed by atoms with E-state index in [4.69, 9.17) is 4.74 Å². The van der Waals surface area contributed by atoms with E-state index in [1.54, 1.807) is 17.4 Å². The second-order valence-electron chi connectivity index (χ2n) is 7.50. The van der Waals surface area contributed by atoms with Crippen LogP contribution in [-0.2, 0) is 23.4 Å². The molecule has 1 aliphatic rings. The lowest BCUT2D eigenvalue weighted by atomic mass is 9.97. The molecular formula is C22H23F2N3O4S2. The highest BCUT2D eigenvalue weighted by atomic mass is 32.2. The molecule has 0 spiro atoms. The monoisotopic (exact) mass is 495 g/mol. The zero-order chi connectivity index (χ0) is 23.4. The van der Waals surface area contributed by atoms with Crippen LogP contribution in [-0.4, -0.2) is 35.3 Å². The molecule has 1 aliphatic carbocycles. The van der Waals surface area contributed by atoms with Crippen molar-refractivity contribution < 1.29 is 23.0 Å². The zero-order valence-corrected chi connectivity index (χ0v) is 19.5. The number of anilines is 1. The number of hydrogen-bond acceptors (Lipinski definition) is 7. The van der Waals surface area contributed by atoms with E-state index >= 15 is 0 Å². The first-order valence-corrected chi connectivity index (χ1v) is 12.5. The van der Waals surface area contributed by atoms with Crippen LogP contribution < -0.4 is 20.3 Å². The third kappa shape index (κ3) is 5.64. The Hall–Kier alpha value is -2.66. The van der Waals surface area contributed by atoms with Gasteiger partial charge in [-0.15, -0.1) is 11.3 Å². The number of aromatic nitrogens is 2. The van der Waals surface area contributed by atoms with Crippen LogP contribution in [0.25, 0.3) is 10.2 Å². The Labute approximate surface area is 196 Å². The van der Waals surface area contributed by atoms with E-state index in [0.717, 1.165) is 41.5 Å². The molecular weight excluding hydrogens is 472 g/mol. The summed E-state index contributed by atoms with van der Waals surface area (Å²) in [4.78, 5) is 34.4. The first-order valence-electron chi connectivity index (χ1n) is 10.5. The fourth-order valence-electron chi connectivity index (χ4n) is 3.78. The number of ether oxygens (including phenoxy) is 2. The van der Waals surface area contributed by atoms with Crippen molar-refractivity contribution in [1.29, 1.82) is 0 Å². The van der Waals surface area contributed by atoms with Crippen molar-refractivity contribution in [2.75, 3.05) is 18.2 Å². The number of amides is 1. The van der Waals surface area contributed by atoms with Gasteiger partial charge in [-0.1, -0.05) is 0 Å². The molecule has 3 aromatic rings. The summed E-state index contributed by atoms with van der Waals surface area (Å²) in [5, 5.41) is 3.40. The van der Waals surface area contributed by atoms with Gasteiger partial charge in [-0.3, -0.25) is 9.59 Å². The molecule has 1 aromatic carbocycles. The minimum atomic E-state index is -3.00. The van der Waals surface area contributed by atoms with Crippen LogP contribution in [0.1, 0.15) is 35.5 Å². The second kappa shape index (κ2) is 10.5. The molecule has 0 unspecified atom stereocenters. The molecule has 7 nitrogen and oxygen atoms in total. The van der Waals surface area contributed by atoms with Crippen molar-refractivity contribution in [3.8, 4) is 11.5 Å². The third-order valence-corrected chi connectivity index (χ3v) is 7.41. The number of aryl methyl sites for hydroxylation is 2. The van der Waals surface area contributed by atoms with Crippen LogP contribution in [0.4, 0.5) is 14.5 Å². The van der Waals surface area contributed by atoms with Gasteiger partial charge < -0.3 is 19.8 Å². The van der Waals surface area contributed by atoms with Crippen molar-refractivity contribution in [2.45, 2.75) is 44.5 Å². The van der Waals surface area contributed by atoms with Crippen molar-refractivity contribution in [3.63, 3.8) is 0 Å². The number of nitrogens with zero attached hydrogens (tertiary/aromatic N) is 1. The Morgan fingerprint density at radius 2 is 2.12 bits per heavy atom. The Morgan fingerprint density at radius 3 is 2.91 bits per heavy atom. The first kappa shape index (κ1) is 23.5. The number of nitrogens with one attached hydrogen (secondary N) is 2. The summed E-state index contributed by atoms with van der Waals surface area (Å²) in [6, 6.07) is 4.29. The summed E-state index contributed by atoms with van der Waals surface area (Å²) in [5.74, 6) is 1.31. The second-order valence-corrected chi connectivity index (χ2v) is 9.69. The number of benzene rings is 1. The number of aromatic amines is 1. The van der Waals surface area contributed by atoms with Gasteiger partial charge >= 0.3 is 6.61 Å². The number of H-pyrrole nitrogens is 1. The smallest absolute Gasteiger partial charge is 0.387 e. The lowest BCUT2D eigenvalue weighted by molar-refractivity contribution is -0.115. The minimum absolute atomic E-state index is 0.0888. The molecule has 0 bridgehead atoms. The average Bonchev–Trinajstić information content (AvgIpc) is 3.15. The molecule has 176 valence electrons. The number of thioether (sulfide) groups is 1. The van der Waals surface area contributed by atoms with Crippen molar-refractivity contribution in [1.82, 2.24) is 9.97 Å². The van der Waals surface area contributed by atoms with Crippen LogP contribution in [0.3, 0.4) is 0 Å². The van der Waals surface area contributed by atoms with E-state index in [2.05, 4.69) is 20.0 Å². The lowest BCUT2D eigenvalue weighted by Crippen LogP contribution is -2.14. The fourth-order valence-corrected chi connectivity index (χ4v) is 5.86.